The number of halogens is 2. The lowest BCUT2D eigenvalue weighted by atomic mass is 10.2. The van der Waals surface area contributed by atoms with Gasteiger partial charge in [-0.1, -0.05) is 24.3 Å². The minimum Gasteiger partial charge on any atom is -0.483 e. The molecule has 3 aromatic rings. The van der Waals surface area contributed by atoms with Gasteiger partial charge in [0.15, 0.2) is 6.61 Å². The molecule has 168 valence electrons. The molecule has 1 amide bonds. The summed E-state index contributed by atoms with van der Waals surface area (Å²) in [7, 11) is 0. The van der Waals surface area contributed by atoms with Crippen LogP contribution in [0.15, 0.2) is 80.8 Å². The van der Waals surface area contributed by atoms with E-state index >= 15 is 0 Å². The highest BCUT2D eigenvalue weighted by atomic mass is 79.9. The summed E-state index contributed by atoms with van der Waals surface area (Å²) in [5, 5.41) is 14.6. The molecule has 0 atom stereocenters. The molecule has 0 aliphatic heterocycles. The van der Waals surface area contributed by atoms with Crippen LogP contribution in [0.4, 0.5) is 5.69 Å². The average molecular weight is 577 g/mol. The summed E-state index contributed by atoms with van der Waals surface area (Å²) in [5.74, 6) is -0.455. The van der Waals surface area contributed by atoms with Crippen LogP contribution in [0, 0.1) is 10.1 Å². The number of ether oxygens (including phenoxy) is 2. The fraction of sp³-hybridized carbons (Fsp3) is 0.0455. The second-order valence-corrected chi connectivity index (χ2v) is 8.10. The van der Waals surface area contributed by atoms with Gasteiger partial charge in [-0.05, 0) is 67.8 Å². The van der Waals surface area contributed by atoms with Crippen LogP contribution < -0.4 is 14.9 Å². The number of amides is 1. The number of nitrogens with zero attached hydrogens (tertiary/aromatic N) is 2. The zero-order valence-electron chi connectivity index (χ0n) is 16.7. The number of non-ortho nitro benzene ring substituents is 1. The molecule has 0 bridgehead atoms. The number of benzene rings is 3. The first-order chi connectivity index (χ1) is 15.8. The van der Waals surface area contributed by atoms with Crippen LogP contribution in [-0.2, 0) is 4.79 Å². The van der Waals surface area contributed by atoms with Crippen molar-refractivity contribution in [2.24, 2.45) is 5.10 Å². The molecule has 0 aliphatic rings. The van der Waals surface area contributed by atoms with E-state index in [2.05, 4.69) is 42.4 Å². The summed E-state index contributed by atoms with van der Waals surface area (Å²) in [6.45, 7) is -0.350. The van der Waals surface area contributed by atoms with E-state index in [0.29, 0.717) is 25.8 Å². The van der Waals surface area contributed by atoms with E-state index in [4.69, 9.17) is 9.47 Å². The van der Waals surface area contributed by atoms with Crippen LogP contribution in [0.2, 0.25) is 0 Å². The SMILES string of the molecule is O=C(COc1ccc([N+](=O)[O-])cc1Br)NN=Cc1cccc(OC(=O)c2ccccc2Br)c1. The standard InChI is InChI=1S/C22H15Br2N3O6/c23-18-7-2-1-6-17(18)22(29)33-16-5-3-4-14(10-16)12-25-26-21(28)13-32-20-9-8-15(27(30)31)11-19(20)24/h1-12H,13H2,(H,26,28). The summed E-state index contributed by atoms with van der Waals surface area (Å²) in [4.78, 5) is 34.5. The number of carbonyl (C=O) groups excluding carboxylic acids is 2. The largest absolute Gasteiger partial charge is 0.483 e. The van der Waals surface area contributed by atoms with Gasteiger partial charge >= 0.3 is 5.97 Å². The number of nitro benzene ring substituents is 1. The first kappa shape index (κ1) is 24.1. The maximum atomic E-state index is 12.3. The van der Waals surface area contributed by atoms with Gasteiger partial charge in [-0.15, -0.1) is 0 Å². The third-order valence-electron chi connectivity index (χ3n) is 4.05. The highest BCUT2D eigenvalue weighted by Gasteiger charge is 2.13. The van der Waals surface area contributed by atoms with Crippen molar-refractivity contribution in [3.8, 4) is 11.5 Å². The molecule has 0 unspecified atom stereocenters. The zero-order chi connectivity index (χ0) is 23.8. The van der Waals surface area contributed by atoms with E-state index < -0.39 is 16.8 Å². The lowest BCUT2D eigenvalue weighted by Gasteiger charge is -2.07. The van der Waals surface area contributed by atoms with Gasteiger partial charge in [0.25, 0.3) is 11.6 Å². The van der Waals surface area contributed by atoms with Crippen molar-refractivity contribution in [3.05, 3.63) is 96.9 Å². The number of hydrogen-bond acceptors (Lipinski definition) is 7. The summed E-state index contributed by atoms with van der Waals surface area (Å²) < 4.78 is 11.7. The van der Waals surface area contributed by atoms with E-state index in [0.717, 1.165) is 0 Å². The van der Waals surface area contributed by atoms with Crippen molar-refractivity contribution in [2.75, 3.05) is 6.61 Å². The number of hydrazone groups is 1. The monoisotopic (exact) mass is 575 g/mol. The number of carbonyl (C=O) groups is 2. The van der Waals surface area contributed by atoms with Gasteiger partial charge in [0.05, 0.1) is 21.2 Å². The topological polar surface area (TPSA) is 120 Å². The zero-order valence-corrected chi connectivity index (χ0v) is 19.9. The third kappa shape index (κ3) is 6.96. The molecule has 0 radical (unpaired) electrons. The van der Waals surface area contributed by atoms with E-state index in [9.17, 15) is 19.7 Å². The maximum absolute atomic E-state index is 12.3. The Kier molecular flexibility index (Phi) is 8.28. The molecule has 3 rings (SSSR count). The third-order valence-corrected chi connectivity index (χ3v) is 5.36. The average Bonchev–Trinajstić information content (AvgIpc) is 2.78. The fourth-order valence-electron chi connectivity index (χ4n) is 2.52. The molecule has 0 heterocycles. The molecule has 0 saturated carbocycles. The summed E-state index contributed by atoms with van der Waals surface area (Å²) in [6, 6.07) is 17.5. The van der Waals surface area contributed by atoms with Crippen LogP contribution in [0.1, 0.15) is 15.9 Å². The van der Waals surface area contributed by atoms with Gasteiger partial charge in [0, 0.05) is 16.6 Å². The lowest BCUT2D eigenvalue weighted by molar-refractivity contribution is -0.384. The normalized spacial score (nSPS) is 10.6. The molecule has 33 heavy (non-hydrogen) atoms. The van der Waals surface area contributed by atoms with Gasteiger partial charge in [-0.25, -0.2) is 10.2 Å². The maximum Gasteiger partial charge on any atom is 0.344 e. The Morgan fingerprint density at radius 1 is 1.03 bits per heavy atom. The number of nitrogens with one attached hydrogen (secondary N) is 1. The molecule has 0 aromatic heterocycles. The number of rotatable bonds is 8. The Morgan fingerprint density at radius 2 is 1.82 bits per heavy atom. The van der Waals surface area contributed by atoms with Crippen LogP contribution in [0.5, 0.6) is 11.5 Å². The van der Waals surface area contributed by atoms with Gasteiger partial charge < -0.3 is 9.47 Å². The van der Waals surface area contributed by atoms with Gasteiger partial charge in [0.2, 0.25) is 0 Å². The van der Waals surface area contributed by atoms with Crippen LogP contribution >= 0.6 is 31.9 Å². The molecular formula is C22H15Br2N3O6. The van der Waals surface area contributed by atoms with Gasteiger partial charge in [-0.2, -0.15) is 5.10 Å². The molecule has 9 nitrogen and oxygen atoms in total. The Bertz CT molecular complexity index is 1230. The second-order valence-electron chi connectivity index (χ2n) is 6.40. The van der Waals surface area contributed by atoms with Crippen molar-refractivity contribution < 1.29 is 24.0 Å². The highest BCUT2D eigenvalue weighted by molar-refractivity contribution is 9.10. The number of hydrogen-bond donors (Lipinski definition) is 1. The van der Waals surface area contributed by atoms with Crippen molar-refractivity contribution in [2.45, 2.75) is 0 Å². The van der Waals surface area contributed by atoms with Gasteiger partial charge in [0.1, 0.15) is 11.5 Å². The molecule has 0 spiro atoms. The Balaban J connectivity index is 1.53. The predicted octanol–water partition coefficient (Wildman–Crippen LogP) is 4.87. The molecule has 0 aliphatic carbocycles. The second kappa shape index (κ2) is 11.3. The Morgan fingerprint density at radius 3 is 2.55 bits per heavy atom. The minimum atomic E-state index is -0.535. The summed E-state index contributed by atoms with van der Waals surface area (Å²) >= 11 is 6.47. The minimum absolute atomic E-state index is 0.104. The molecule has 11 heteroatoms. The molecule has 0 saturated heterocycles. The Labute approximate surface area is 204 Å². The number of nitro groups is 1. The van der Waals surface area contributed by atoms with Gasteiger partial charge in [-0.3, -0.25) is 14.9 Å². The Hall–Kier alpha value is -3.57. The highest BCUT2D eigenvalue weighted by Crippen LogP contribution is 2.29. The quantitative estimate of drug-likeness (QED) is 0.134. The summed E-state index contributed by atoms with van der Waals surface area (Å²) in [5.41, 5.74) is 3.19. The first-order valence-corrected chi connectivity index (χ1v) is 10.9. The number of esters is 1. The van der Waals surface area contributed by atoms with E-state index in [1.54, 1.807) is 48.5 Å². The van der Waals surface area contributed by atoms with Crippen molar-refractivity contribution in [3.63, 3.8) is 0 Å². The molecular weight excluding hydrogens is 562 g/mol. The van der Waals surface area contributed by atoms with Crippen molar-refractivity contribution in [1.82, 2.24) is 5.43 Å². The fourth-order valence-corrected chi connectivity index (χ4v) is 3.45. The molecule has 0 fully saturated rings. The van der Waals surface area contributed by atoms with Crippen molar-refractivity contribution in [1.29, 1.82) is 0 Å². The van der Waals surface area contributed by atoms with E-state index in [-0.39, 0.29) is 18.0 Å². The van der Waals surface area contributed by atoms with Crippen LogP contribution in [0.25, 0.3) is 0 Å². The lowest BCUT2D eigenvalue weighted by Crippen LogP contribution is -2.24. The smallest absolute Gasteiger partial charge is 0.344 e. The van der Waals surface area contributed by atoms with Crippen LogP contribution in [0.3, 0.4) is 0 Å². The molecule has 1 N–H and O–H groups in total. The molecule has 3 aromatic carbocycles. The predicted molar refractivity (Wildman–Crippen MR) is 128 cm³/mol. The van der Waals surface area contributed by atoms with Crippen LogP contribution in [-0.4, -0.2) is 29.6 Å². The first-order valence-electron chi connectivity index (χ1n) is 9.29. The van der Waals surface area contributed by atoms with E-state index in [1.807, 2.05) is 0 Å². The summed E-state index contributed by atoms with van der Waals surface area (Å²) in [6.07, 6.45) is 1.38. The van der Waals surface area contributed by atoms with E-state index in [1.165, 1.54) is 24.4 Å². The van der Waals surface area contributed by atoms with Crippen molar-refractivity contribution >= 4 is 55.6 Å².